The van der Waals surface area contributed by atoms with Gasteiger partial charge in [0.25, 0.3) is 0 Å². The Morgan fingerprint density at radius 2 is 2.31 bits per heavy atom. The number of aromatic nitrogens is 2. The molecule has 0 saturated heterocycles. The summed E-state index contributed by atoms with van der Waals surface area (Å²) in [7, 11) is 1.75. The Labute approximate surface area is 98.0 Å². The fourth-order valence-corrected chi connectivity index (χ4v) is 1.78. The maximum absolute atomic E-state index is 5.23. The van der Waals surface area contributed by atoms with Crippen LogP contribution in [0.25, 0.3) is 0 Å². The number of aryl methyl sites for hydroxylation is 1. The molecule has 1 heterocycles. The van der Waals surface area contributed by atoms with Crippen molar-refractivity contribution >= 4 is 0 Å². The van der Waals surface area contributed by atoms with E-state index in [0.29, 0.717) is 6.04 Å². The minimum absolute atomic E-state index is 0.365. The first-order valence-electron chi connectivity index (χ1n) is 6.04. The molecule has 0 saturated carbocycles. The highest BCUT2D eigenvalue weighted by Gasteiger charge is 2.10. The molecular formula is C12H23N3O. The van der Waals surface area contributed by atoms with Crippen LogP contribution in [0.1, 0.15) is 26.1 Å². The van der Waals surface area contributed by atoms with Gasteiger partial charge in [-0.3, -0.25) is 0 Å². The van der Waals surface area contributed by atoms with E-state index in [-0.39, 0.29) is 0 Å². The molecule has 1 atom stereocenters. The predicted octanol–water partition coefficient (Wildman–Crippen LogP) is 1.46. The molecule has 4 heteroatoms. The van der Waals surface area contributed by atoms with Gasteiger partial charge in [-0.1, -0.05) is 13.8 Å². The maximum atomic E-state index is 5.23. The number of nitrogens with one attached hydrogen (secondary N) is 1. The number of methoxy groups -OCH3 is 1. The third kappa shape index (κ3) is 3.94. The van der Waals surface area contributed by atoms with Gasteiger partial charge in [-0.2, -0.15) is 0 Å². The molecule has 16 heavy (non-hydrogen) atoms. The second kappa shape index (κ2) is 7.41. The zero-order valence-corrected chi connectivity index (χ0v) is 10.6. The van der Waals surface area contributed by atoms with Crippen LogP contribution in [0.2, 0.25) is 0 Å². The summed E-state index contributed by atoms with van der Waals surface area (Å²) in [6, 6.07) is 0.365. The van der Waals surface area contributed by atoms with E-state index in [1.165, 1.54) is 0 Å². The van der Waals surface area contributed by atoms with Gasteiger partial charge in [-0.05, 0) is 13.0 Å². The fraction of sp³-hybridized carbons (Fsp3) is 0.750. The summed E-state index contributed by atoms with van der Waals surface area (Å²) in [6.07, 6.45) is 6.02. The Hall–Kier alpha value is -0.870. The van der Waals surface area contributed by atoms with Crippen LogP contribution in [0.5, 0.6) is 0 Å². The first-order valence-corrected chi connectivity index (χ1v) is 6.04. The molecule has 4 nitrogen and oxygen atoms in total. The van der Waals surface area contributed by atoms with Gasteiger partial charge >= 0.3 is 0 Å². The molecule has 1 rings (SSSR count). The average molecular weight is 225 g/mol. The van der Waals surface area contributed by atoms with Crippen molar-refractivity contribution in [1.29, 1.82) is 0 Å². The number of ether oxygens (including phenoxy) is 1. The fourth-order valence-electron chi connectivity index (χ4n) is 1.78. The van der Waals surface area contributed by atoms with Crippen LogP contribution in [-0.4, -0.2) is 35.9 Å². The summed E-state index contributed by atoms with van der Waals surface area (Å²) in [5.41, 5.74) is 0. The van der Waals surface area contributed by atoms with E-state index in [4.69, 9.17) is 4.74 Å². The lowest BCUT2D eigenvalue weighted by atomic mass is 10.3. The van der Waals surface area contributed by atoms with Crippen LogP contribution in [-0.2, 0) is 17.7 Å². The minimum Gasteiger partial charge on any atom is -0.383 e. The van der Waals surface area contributed by atoms with Crippen LogP contribution in [0.15, 0.2) is 12.4 Å². The third-order valence-corrected chi connectivity index (χ3v) is 2.59. The van der Waals surface area contributed by atoms with Gasteiger partial charge in [0.2, 0.25) is 0 Å². The minimum atomic E-state index is 0.365. The molecule has 0 bridgehead atoms. The van der Waals surface area contributed by atoms with E-state index in [9.17, 15) is 0 Å². The molecule has 0 aliphatic heterocycles. The smallest absolute Gasteiger partial charge is 0.108 e. The van der Waals surface area contributed by atoms with Crippen molar-refractivity contribution < 1.29 is 4.74 Å². The van der Waals surface area contributed by atoms with Crippen molar-refractivity contribution in [3.05, 3.63) is 18.2 Å². The van der Waals surface area contributed by atoms with Crippen molar-refractivity contribution in [3.63, 3.8) is 0 Å². The second-order valence-corrected chi connectivity index (χ2v) is 3.96. The van der Waals surface area contributed by atoms with Crippen LogP contribution < -0.4 is 5.32 Å². The topological polar surface area (TPSA) is 39.1 Å². The van der Waals surface area contributed by atoms with Crippen molar-refractivity contribution in [3.8, 4) is 0 Å². The van der Waals surface area contributed by atoms with Crippen molar-refractivity contribution in [2.45, 2.75) is 39.3 Å². The van der Waals surface area contributed by atoms with Crippen LogP contribution in [0.4, 0.5) is 0 Å². The molecule has 92 valence electrons. The van der Waals surface area contributed by atoms with E-state index in [1.807, 2.05) is 12.4 Å². The van der Waals surface area contributed by atoms with Gasteiger partial charge in [0.1, 0.15) is 5.82 Å². The molecule has 0 amide bonds. The Bertz CT molecular complexity index is 286. The van der Waals surface area contributed by atoms with Gasteiger partial charge in [0, 0.05) is 38.5 Å². The summed E-state index contributed by atoms with van der Waals surface area (Å²) >= 11 is 0. The molecular weight excluding hydrogens is 202 g/mol. The second-order valence-electron chi connectivity index (χ2n) is 3.96. The number of nitrogens with zero attached hydrogens (tertiary/aromatic N) is 2. The summed E-state index contributed by atoms with van der Waals surface area (Å²) in [4.78, 5) is 4.32. The molecule has 0 aromatic carbocycles. The van der Waals surface area contributed by atoms with Gasteiger partial charge in [-0.25, -0.2) is 4.98 Å². The van der Waals surface area contributed by atoms with Gasteiger partial charge in [0.15, 0.2) is 0 Å². The highest BCUT2D eigenvalue weighted by atomic mass is 16.5. The maximum Gasteiger partial charge on any atom is 0.108 e. The molecule has 1 aromatic heterocycles. The quantitative estimate of drug-likeness (QED) is 0.728. The van der Waals surface area contributed by atoms with E-state index < -0.39 is 0 Å². The SMILES string of the molecule is CCCNC(COC)Cn1ccnc1CC. The van der Waals surface area contributed by atoms with E-state index in [1.54, 1.807) is 7.11 Å². The van der Waals surface area contributed by atoms with Gasteiger partial charge in [-0.15, -0.1) is 0 Å². The van der Waals surface area contributed by atoms with Crippen LogP contribution in [0.3, 0.4) is 0 Å². The standard InChI is InChI=1S/C12H23N3O/c1-4-6-13-11(10-16-3)9-15-8-7-14-12(15)5-2/h7-8,11,13H,4-6,9-10H2,1-3H3. The molecule has 0 radical (unpaired) electrons. The van der Waals surface area contributed by atoms with Crippen molar-refractivity contribution in [2.24, 2.45) is 0 Å². The molecule has 0 aliphatic rings. The highest BCUT2D eigenvalue weighted by Crippen LogP contribution is 2.01. The molecule has 0 fully saturated rings. The molecule has 1 aromatic rings. The first kappa shape index (κ1) is 13.2. The Morgan fingerprint density at radius 3 is 2.94 bits per heavy atom. The van der Waals surface area contributed by atoms with Crippen LogP contribution in [0, 0.1) is 0 Å². The number of hydrogen-bond donors (Lipinski definition) is 1. The van der Waals surface area contributed by atoms with Crippen molar-refractivity contribution in [1.82, 2.24) is 14.9 Å². The largest absolute Gasteiger partial charge is 0.383 e. The summed E-state index contributed by atoms with van der Waals surface area (Å²) in [5.74, 6) is 1.14. The molecule has 0 spiro atoms. The van der Waals surface area contributed by atoms with Crippen LogP contribution >= 0.6 is 0 Å². The lowest BCUT2D eigenvalue weighted by Crippen LogP contribution is -2.37. The van der Waals surface area contributed by atoms with Gasteiger partial charge in [0.05, 0.1) is 6.61 Å². The van der Waals surface area contributed by atoms with E-state index >= 15 is 0 Å². The van der Waals surface area contributed by atoms with E-state index in [2.05, 4.69) is 28.7 Å². The normalized spacial score (nSPS) is 12.9. The lowest BCUT2D eigenvalue weighted by Gasteiger charge is -2.19. The zero-order valence-electron chi connectivity index (χ0n) is 10.6. The predicted molar refractivity (Wildman–Crippen MR) is 65.6 cm³/mol. The molecule has 1 unspecified atom stereocenters. The Kier molecular flexibility index (Phi) is 6.11. The highest BCUT2D eigenvalue weighted by molar-refractivity contribution is 4.92. The van der Waals surface area contributed by atoms with E-state index in [0.717, 1.165) is 38.4 Å². The average Bonchev–Trinajstić information content (AvgIpc) is 2.73. The number of hydrogen-bond acceptors (Lipinski definition) is 3. The van der Waals surface area contributed by atoms with Gasteiger partial charge < -0.3 is 14.6 Å². The Morgan fingerprint density at radius 1 is 1.50 bits per heavy atom. The molecule has 0 aliphatic carbocycles. The van der Waals surface area contributed by atoms with Crippen molar-refractivity contribution in [2.75, 3.05) is 20.3 Å². The summed E-state index contributed by atoms with van der Waals surface area (Å²) in [5, 5.41) is 3.49. The summed E-state index contributed by atoms with van der Waals surface area (Å²) < 4.78 is 7.43. The first-order chi connectivity index (χ1) is 7.81. The summed E-state index contributed by atoms with van der Waals surface area (Å²) in [6.45, 7) is 7.00. The molecule has 1 N–H and O–H groups in total. The number of imidazole rings is 1. The monoisotopic (exact) mass is 225 g/mol. The lowest BCUT2D eigenvalue weighted by molar-refractivity contribution is 0.158. The number of rotatable bonds is 8. The zero-order chi connectivity index (χ0) is 11.8. The Balaban J connectivity index is 2.52. The third-order valence-electron chi connectivity index (χ3n) is 2.59.